The lowest BCUT2D eigenvalue weighted by atomic mass is 10.1. The number of likely N-dealkylation sites (N-methyl/N-ethyl adjacent to an activating group) is 1. The Balaban J connectivity index is 2.26. The lowest BCUT2D eigenvalue weighted by Crippen LogP contribution is -2.36. The summed E-state index contributed by atoms with van der Waals surface area (Å²) >= 11 is 0. The molecule has 0 fully saturated rings. The summed E-state index contributed by atoms with van der Waals surface area (Å²) in [6, 6.07) is 12.4. The average molecular weight is 496 g/mol. The molecule has 176 valence electrons. The molecular formula is C20H21N3O8S2. The van der Waals surface area contributed by atoms with E-state index in [0.717, 1.165) is 24.3 Å². The monoisotopic (exact) mass is 495 g/mol. The molecular weight excluding hydrogens is 474 g/mol. The molecule has 1 atom stereocenters. The van der Waals surface area contributed by atoms with E-state index >= 15 is 0 Å². The van der Waals surface area contributed by atoms with Crippen molar-refractivity contribution in [3.8, 4) is 5.75 Å². The van der Waals surface area contributed by atoms with Crippen LogP contribution in [0.15, 0.2) is 74.6 Å². The molecule has 0 heterocycles. The first-order valence-corrected chi connectivity index (χ1v) is 12.4. The lowest BCUT2D eigenvalue weighted by Gasteiger charge is -2.29. The minimum absolute atomic E-state index is 0.0185. The van der Waals surface area contributed by atoms with Crippen molar-refractivity contribution >= 4 is 42.4 Å². The van der Waals surface area contributed by atoms with E-state index < -0.39 is 48.5 Å². The third kappa shape index (κ3) is 5.46. The van der Waals surface area contributed by atoms with Crippen molar-refractivity contribution in [3.05, 3.63) is 54.6 Å². The Morgan fingerprint density at radius 2 is 1.52 bits per heavy atom. The van der Waals surface area contributed by atoms with Gasteiger partial charge in [-0.25, -0.2) is 0 Å². The molecule has 0 spiro atoms. The Labute approximate surface area is 190 Å². The van der Waals surface area contributed by atoms with Gasteiger partial charge in [0, 0.05) is 18.0 Å². The van der Waals surface area contributed by atoms with Crippen LogP contribution in [0, 0.1) is 0 Å². The van der Waals surface area contributed by atoms with Crippen molar-refractivity contribution in [1.82, 2.24) is 0 Å². The summed E-state index contributed by atoms with van der Waals surface area (Å²) in [5.74, 6) is -0.577. The minimum Gasteiger partial charge on any atom is -0.507 e. The number of phenolic OH excluding ortho intramolecular Hbond substituents is 1. The zero-order valence-electron chi connectivity index (χ0n) is 17.3. The molecule has 33 heavy (non-hydrogen) atoms. The van der Waals surface area contributed by atoms with Gasteiger partial charge in [-0.15, -0.1) is 0 Å². The van der Waals surface area contributed by atoms with E-state index in [1.54, 1.807) is 37.3 Å². The SMILES string of the molecule is CCN(c1cc(S(=O)(=O)O)cc2cc(S(=O)(=O)O)cc(O)c12)C(CO)N=Nc1ccccc1. The highest BCUT2D eigenvalue weighted by Crippen LogP contribution is 2.39. The number of hydrogen-bond donors (Lipinski definition) is 4. The van der Waals surface area contributed by atoms with Crippen molar-refractivity contribution in [2.24, 2.45) is 10.2 Å². The molecule has 4 N–H and O–H groups in total. The molecule has 11 nitrogen and oxygen atoms in total. The molecule has 3 aromatic carbocycles. The van der Waals surface area contributed by atoms with Gasteiger partial charge in [-0.05, 0) is 42.6 Å². The summed E-state index contributed by atoms with van der Waals surface area (Å²) in [4.78, 5) is 0.166. The van der Waals surface area contributed by atoms with Gasteiger partial charge in [0.2, 0.25) is 0 Å². The molecule has 3 aromatic rings. The van der Waals surface area contributed by atoms with Gasteiger partial charge in [0.25, 0.3) is 20.2 Å². The predicted octanol–water partition coefficient (Wildman–Crippen LogP) is 2.97. The smallest absolute Gasteiger partial charge is 0.294 e. The maximum absolute atomic E-state index is 11.9. The van der Waals surface area contributed by atoms with Crippen LogP contribution in [0.1, 0.15) is 6.92 Å². The second-order valence-corrected chi connectivity index (χ2v) is 9.78. The van der Waals surface area contributed by atoms with Gasteiger partial charge in [-0.3, -0.25) is 9.11 Å². The molecule has 1 unspecified atom stereocenters. The molecule has 0 aliphatic heterocycles. The summed E-state index contributed by atoms with van der Waals surface area (Å²) in [6.45, 7) is 1.30. The molecule has 0 bridgehead atoms. The van der Waals surface area contributed by atoms with E-state index in [4.69, 9.17) is 0 Å². The molecule has 0 amide bonds. The number of hydrogen-bond acceptors (Lipinski definition) is 9. The van der Waals surface area contributed by atoms with E-state index in [0.29, 0.717) is 5.69 Å². The summed E-state index contributed by atoms with van der Waals surface area (Å²) in [6.07, 6.45) is -1.02. The van der Waals surface area contributed by atoms with Gasteiger partial charge in [-0.2, -0.15) is 27.1 Å². The number of rotatable bonds is 8. The molecule has 0 radical (unpaired) electrons. The van der Waals surface area contributed by atoms with Crippen LogP contribution in [0.5, 0.6) is 5.75 Å². The van der Waals surface area contributed by atoms with Crippen molar-refractivity contribution < 1.29 is 36.2 Å². The summed E-state index contributed by atoms with van der Waals surface area (Å²) in [5.41, 5.74) is 0.539. The molecule has 0 aromatic heterocycles. The number of anilines is 1. The first-order chi connectivity index (χ1) is 15.5. The quantitative estimate of drug-likeness (QED) is 0.270. The van der Waals surface area contributed by atoms with Gasteiger partial charge in [-0.1, -0.05) is 18.2 Å². The zero-order chi connectivity index (χ0) is 24.4. The molecule has 0 saturated carbocycles. The van der Waals surface area contributed by atoms with Gasteiger partial charge in [0.15, 0.2) is 6.17 Å². The third-order valence-corrected chi connectivity index (χ3v) is 6.45. The Morgan fingerprint density at radius 1 is 0.939 bits per heavy atom. The topological polar surface area (TPSA) is 177 Å². The number of azo groups is 1. The van der Waals surface area contributed by atoms with Crippen molar-refractivity contribution in [1.29, 1.82) is 0 Å². The summed E-state index contributed by atoms with van der Waals surface area (Å²) in [7, 11) is -9.47. The first-order valence-electron chi connectivity index (χ1n) is 9.55. The predicted molar refractivity (Wildman–Crippen MR) is 120 cm³/mol. The highest BCUT2D eigenvalue weighted by Gasteiger charge is 2.25. The Morgan fingerprint density at radius 3 is 2.03 bits per heavy atom. The first kappa shape index (κ1) is 24.5. The van der Waals surface area contributed by atoms with Crippen LogP contribution in [0.25, 0.3) is 10.8 Å². The van der Waals surface area contributed by atoms with Crippen molar-refractivity contribution in [3.63, 3.8) is 0 Å². The molecule has 0 aliphatic rings. The fraction of sp³-hybridized carbons (Fsp3) is 0.200. The number of phenols is 1. The van der Waals surface area contributed by atoms with E-state index in [-0.39, 0.29) is 23.0 Å². The number of aliphatic hydroxyl groups is 1. The van der Waals surface area contributed by atoms with E-state index in [9.17, 15) is 36.2 Å². The largest absolute Gasteiger partial charge is 0.507 e. The minimum atomic E-state index is -4.74. The fourth-order valence-corrected chi connectivity index (χ4v) is 4.38. The lowest BCUT2D eigenvalue weighted by molar-refractivity contribution is 0.260. The van der Waals surface area contributed by atoms with E-state index in [2.05, 4.69) is 10.2 Å². The number of aliphatic hydroxyl groups excluding tert-OH is 1. The number of nitrogens with zero attached hydrogens (tertiary/aromatic N) is 3. The highest BCUT2D eigenvalue weighted by molar-refractivity contribution is 7.86. The summed E-state index contributed by atoms with van der Waals surface area (Å²) < 4.78 is 65.8. The Hall–Kier alpha value is -3.10. The van der Waals surface area contributed by atoms with Crippen LogP contribution in [0.4, 0.5) is 11.4 Å². The van der Waals surface area contributed by atoms with E-state index in [1.807, 2.05) is 0 Å². The average Bonchev–Trinajstić information content (AvgIpc) is 2.75. The summed E-state index contributed by atoms with van der Waals surface area (Å²) in [5, 5.41) is 28.6. The van der Waals surface area contributed by atoms with Crippen molar-refractivity contribution in [2.45, 2.75) is 22.9 Å². The molecule has 13 heteroatoms. The van der Waals surface area contributed by atoms with Crippen LogP contribution < -0.4 is 4.90 Å². The van der Waals surface area contributed by atoms with Gasteiger partial charge in [0.05, 0.1) is 27.8 Å². The standard InChI is InChI=1S/C20H21N3O8S2/c1-2-23(19(12-24)22-21-14-6-4-3-5-7-14)17-10-15(32(26,27)28)8-13-9-16(33(29,30)31)11-18(25)20(13)17/h3-11,19,24-25H,2,12H2,1H3,(H,26,27,28)(H,29,30,31). The molecule has 0 saturated heterocycles. The van der Waals surface area contributed by atoms with E-state index in [1.165, 1.54) is 4.90 Å². The zero-order valence-corrected chi connectivity index (χ0v) is 18.9. The number of fused-ring (bicyclic) bond motifs is 1. The molecule has 3 rings (SSSR count). The Kier molecular flexibility index (Phi) is 7.00. The van der Waals surface area contributed by atoms with Gasteiger partial charge < -0.3 is 15.1 Å². The number of benzene rings is 3. The highest BCUT2D eigenvalue weighted by atomic mass is 32.2. The van der Waals surface area contributed by atoms with Gasteiger partial charge >= 0.3 is 0 Å². The third-order valence-electron chi connectivity index (χ3n) is 4.79. The normalized spacial score (nSPS) is 13.5. The van der Waals surface area contributed by atoms with Crippen LogP contribution in [-0.2, 0) is 20.2 Å². The molecule has 0 aliphatic carbocycles. The van der Waals surface area contributed by atoms with Crippen LogP contribution in [-0.4, -0.2) is 55.5 Å². The van der Waals surface area contributed by atoms with Crippen LogP contribution in [0.2, 0.25) is 0 Å². The van der Waals surface area contributed by atoms with Crippen molar-refractivity contribution in [2.75, 3.05) is 18.1 Å². The Bertz CT molecular complexity index is 1400. The second kappa shape index (κ2) is 9.41. The maximum Gasteiger partial charge on any atom is 0.294 e. The fourth-order valence-electron chi connectivity index (χ4n) is 3.31. The maximum atomic E-state index is 11.9. The van der Waals surface area contributed by atoms with Gasteiger partial charge in [0.1, 0.15) is 5.75 Å². The van der Waals surface area contributed by atoms with Crippen LogP contribution >= 0.6 is 0 Å². The number of aromatic hydroxyl groups is 1. The second-order valence-electron chi connectivity index (χ2n) is 6.93. The van der Waals surface area contributed by atoms with Crippen LogP contribution in [0.3, 0.4) is 0 Å².